The van der Waals surface area contributed by atoms with Gasteiger partial charge in [-0.25, -0.2) is 0 Å². The van der Waals surface area contributed by atoms with E-state index < -0.39 is 22.1 Å². The van der Waals surface area contributed by atoms with Crippen molar-refractivity contribution in [2.24, 2.45) is 0 Å². The van der Waals surface area contributed by atoms with E-state index in [1.165, 1.54) is 48.5 Å². The van der Waals surface area contributed by atoms with E-state index in [2.05, 4.69) is 0 Å². The lowest BCUT2D eigenvalue weighted by Gasteiger charge is -2.20. The highest BCUT2D eigenvalue weighted by molar-refractivity contribution is 7.74. The lowest BCUT2D eigenvalue weighted by atomic mass is 10.2. The van der Waals surface area contributed by atoms with Crippen molar-refractivity contribution in [3.8, 4) is 5.75 Å². The summed E-state index contributed by atoms with van der Waals surface area (Å²) in [6, 6.07) is 16.5. The van der Waals surface area contributed by atoms with Gasteiger partial charge in [0.1, 0.15) is 10.6 Å². The van der Waals surface area contributed by atoms with Gasteiger partial charge < -0.3 is 4.52 Å². The number of halogens is 2. The standard InChI is InChI=1S/C19H13Cl2N2O6P/c20-19(21)13-1-9-17(10-2-13)30(28,18-11-5-15(6-12-18)23(26)27)29-16-7-3-14(4-8-16)22(24)25/h1-12,19H. The molecule has 30 heavy (non-hydrogen) atoms. The Kier molecular flexibility index (Phi) is 6.41. The van der Waals surface area contributed by atoms with Crippen LogP contribution in [-0.2, 0) is 4.57 Å². The molecule has 0 amide bonds. The summed E-state index contributed by atoms with van der Waals surface area (Å²) < 4.78 is 19.8. The van der Waals surface area contributed by atoms with E-state index in [0.29, 0.717) is 10.9 Å². The lowest BCUT2D eigenvalue weighted by Crippen LogP contribution is -2.20. The van der Waals surface area contributed by atoms with Crippen molar-refractivity contribution < 1.29 is 18.9 Å². The van der Waals surface area contributed by atoms with Gasteiger partial charge in [0.15, 0.2) is 0 Å². The van der Waals surface area contributed by atoms with Crippen LogP contribution in [0, 0.1) is 20.2 Å². The fourth-order valence-corrected chi connectivity index (χ4v) is 4.92. The molecule has 0 fully saturated rings. The number of hydrogen-bond donors (Lipinski definition) is 0. The Morgan fingerprint density at radius 2 is 1.13 bits per heavy atom. The normalized spacial score (nSPS) is 12.9. The van der Waals surface area contributed by atoms with E-state index in [-0.39, 0.29) is 22.4 Å². The summed E-state index contributed by atoms with van der Waals surface area (Å²) in [4.78, 5) is 19.9. The third-order valence-electron chi connectivity index (χ3n) is 4.17. The van der Waals surface area contributed by atoms with Crippen LogP contribution in [0.4, 0.5) is 11.4 Å². The SMILES string of the molecule is O=[N+]([O-])c1ccc(OP(=O)(c2ccc(C(Cl)Cl)cc2)c2ccc([N+](=O)[O-])cc2)cc1. The molecule has 0 radical (unpaired) electrons. The van der Waals surface area contributed by atoms with E-state index in [0.717, 1.165) is 0 Å². The molecular weight excluding hydrogens is 454 g/mol. The highest BCUT2D eigenvalue weighted by Crippen LogP contribution is 2.46. The van der Waals surface area contributed by atoms with Gasteiger partial charge >= 0.3 is 7.37 Å². The molecular formula is C19H13Cl2N2O6P. The molecule has 0 aromatic heterocycles. The molecule has 0 aliphatic heterocycles. The van der Waals surface area contributed by atoms with Crippen molar-refractivity contribution >= 4 is 52.6 Å². The van der Waals surface area contributed by atoms with E-state index in [9.17, 15) is 24.8 Å². The van der Waals surface area contributed by atoms with Gasteiger partial charge in [0, 0.05) is 24.3 Å². The van der Waals surface area contributed by atoms with Gasteiger partial charge in [-0.05, 0) is 42.0 Å². The molecule has 11 heteroatoms. The molecule has 1 atom stereocenters. The van der Waals surface area contributed by atoms with Crippen LogP contribution >= 0.6 is 30.6 Å². The van der Waals surface area contributed by atoms with Crippen LogP contribution in [-0.4, -0.2) is 9.85 Å². The Morgan fingerprint density at radius 1 is 0.733 bits per heavy atom. The predicted octanol–water partition coefficient (Wildman–Crippen LogP) is 5.29. The number of rotatable bonds is 7. The number of non-ortho nitro benzene ring substituents is 2. The largest absolute Gasteiger partial charge is 0.437 e. The first-order chi connectivity index (χ1) is 14.2. The van der Waals surface area contributed by atoms with Crippen molar-refractivity contribution in [3.05, 3.63) is 98.6 Å². The Hall–Kier alpha value is -2.93. The second kappa shape index (κ2) is 8.83. The highest BCUT2D eigenvalue weighted by Gasteiger charge is 2.31. The number of benzene rings is 3. The van der Waals surface area contributed by atoms with Gasteiger partial charge in [-0.2, -0.15) is 0 Å². The van der Waals surface area contributed by atoms with E-state index in [4.69, 9.17) is 27.7 Å². The molecule has 0 aliphatic rings. The van der Waals surface area contributed by atoms with E-state index in [1.807, 2.05) is 0 Å². The third-order valence-corrected chi connectivity index (χ3v) is 7.09. The van der Waals surface area contributed by atoms with Crippen LogP contribution in [0.3, 0.4) is 0 Å². The van der Waals surface area contributed by atoms with Crippen molar-refractivity contribution in [1.82, 2.24) is 0 Å². The minimum atomic E-state index is -3.76. The number of hydrogen-bond acceptors (Lipinski definition) is 6. The maximum absolute atomic E-state index is 14.0. The number of nitrogens with zero attached hydrogens (tertiary/aromatic N) is 2. The zero-order valence-electron chi connectivity index (χ0n) is 15.1. The summed E-state index contributed by atoms with van der Waals surface area (Å²) in [7, 11) is -3.76. The minimum absolute atomic E-state index is 0.138. The highest BCUT2D eigenvalue weighted by atomic mass is 35.5. The third kappa shape index (κ3) is 4.62. The first-order valence-electron chi connectivity index (χ1n) is 8.38. The molecule has 0 saturated heterocycles. The summed E-state index contributed by atoms with van der Waals surface area (Å²) in [5.41, 5.74) is 0.280. The number of nitro benzene ring substituents is 2. The Morgan fingerprint density at radius 3 is 1.53 bits per heavy atom. The summed E-state index contributed by atoms with van der Waals surface area (Å²) in [5, 5.41) is 22.3. The molecule has 8 nitrogen and oxygen atoms in total. The predicted molar refractivity (Wildman–Crippen MR) is 115 cm³/mol. The molecule has 3 aromatic carbocycles. The number of nitro groups is 2. The van der Waals surface area contributed by atoms with Crippen LogP contribution in [0.2, 0.25) is 0 Å². The molecule has 0 spiro atoms. The van der Waals surface area contributed by atoms with Gasteiger partial charge in [-0.3, -0.25) is 24.8 Å². The number of alkyl halides is 2. The van der Waals surface area contributed by atoms with Gasteiger partial charge in [0.25, 0.3) is 11.4 Å². The average molecular weight is 467 g/mol. The van der Waals surface area contributed by atoms with E-state index >= 15 is 0 Å². The Balaban J connectivity index is 2.06. The molecule has 0 aliphatic carbocycles. The Bertz CT molecular complexity index is 1120. The average Bonchev–Trinajstić information content (AvgIpc) is 2.74. The van der Waals surface area contributed by atoms with Crippen LogP contribution < -0.4 is 15.1 Å². The second-order valence-electron chi connectivity index (χ2n) is 6.06. The Labute approximate surface area is 180 Å². The maximum Gasteiger partial charge on any atom is 0.306 e. The molecule has 154 valence electrons. The molecule has 1 unspecified atom stereocenters. The lowest BCUT2D eigenvalue weighted by molar-refractivity contribution is -0.385. The van der Waals surface area contributed by atoms with Crippen LogP contribution in [0.5, 0.6) is 5.75 Å². The fourth-order valence-electron chi connectivity index (χ4n) is 2.62. The van der Waals surface area contributed by atoms with Crippen molar-refractivity contribution in [2.75, 3.05) is 0 Å². The molecule has 0 saturated carbocycles. The van der Waals surface area contributed by atoms with Gasteiger partial charge in [0.2, 0.25) is 0 Å². The molecule has 3 rings (SSSR count). The van der Waals surface area contributed by atoms with Gasteiger partial charge in [0.05, 0.1) is 20.5 Å². The van der Waals surface area contributed by atoms with E-state index in [1.54, 1.807) is 24.3 Å². The monoisotopic (exact) mass is 466 g/mol. The summed E-state index contributed by atoms with van der Waals surface area (Å²) in [6.07, 6.45) is 0. The topological polar surface area (TPSA) is 113 Å². The molecule has 0 heterocycles. The fraction of sp³-hybridized carbons (Fsp3) is 0.0526. The summed E-state index contributed by atoms with van der Waals surface area (Å²) >= 11 is 11.7. The van der Waals surface area contributed by atoms with Crippen LogP contribution in [0.25, 0.3) is 0 Å². The first kappa shape index (κ1) is 21.8. The smallest absolute Gasteiger partial charge is 0.306 e. The van der Waals surface area contributed by atoms with Gasteiger partial charge in [-0.1, -0.05) is 12.1 Å². The quantitative estimate of drug-likeness (QED) is 0.202. The zero-order valence-corrected chi connectivity index (χ0v) is 17.5. The van der Waals surface area contributed by atoms with Crippen LogP contribution in [0.1, 0.15) is 10.4 Å². The molecule has 0 bridgehead atoms. The minimum Gasteiger partial charge on any atom is -0.437 e. The zero-order chi connectivity index (χ0) is 21.9. The van der Waals surface area contributed by atoms with Crippen molar-refractivity contribution in [3.63, 3.8) is 0 Å². The second-order valence-corrected chi connectivity index (χ2v) is 9.47. The first-order valence-corrected chi connectivity index (χ1v) is 10.9. The molecule has 3 aromatic rings. The van der Waals surface area contributed by atoms with Crippen molar-refractivity contribution in [1.29, 1.82) is 0 Å². The molecule has 0 N–H and O–H groups in total. The summed E-state index contributed by atoms with van der Waals surface area (Å²) in [6.45, 7) is 0. The maximum atomic E-state index is 14.0. The van der Waals surface area contributed by atoms with Crippen LogP contribution in [0.15, 0.2) is 72.8 Å². The van der Waals surface area contributed by atoms with Gasteiger partial charge in [-0.15, -0.1) is 23.2 Å². The van der Waals surface area contributed by atoms with Crippen molar-refractivity contribution in [2.45, 2.75) is 4.84 Å². The summed E-state index contributed by atoms with van der Waals surface area (Å²) in [5.74, 6) is 0.138.